The molecule has 1 fully saturated rings. The summed E-state index contributed by atoms with van der Waals surface area (Å²) in [6.45, 7) is 0.609. The fourth-order valence-electron chi connectivity index (χ4n) is 3.49. The van der Waals surface area contributed by atoms with E-state index < -0.39 is 0 Å². The Morgan fingerprint density at radius 2 is 2.12 bits per heavy atom. The summed E-state index contributed by atoms with van der Waals surface area (Å²) >= 11 is 6.23. The highest BCUT2D eigenvalue weighted by Gasteiger charge is 2.31. The molecule has 4 aromatic rings. The van der Waals surface area contributed by atoms with Gasteiger partial charge < -0.3 is 9.09 Å². The first-order valence-corrected chi connectivity index (χ1v) is 8.87. The van der Waals surface area contributed by atoms with E-state index >= 15 is 0 Å². The largest absolute Gasteiger partial charge is 0.332 e. The Morgan fingerprint density at radius 1 is 1.19 bits per heavy atom. The zero-order valence-corrected chi connectivity index (χ0v) is 14.4. The van der Waals surface area contributed by atoms with Gasteiger partial charge in [-0.25, -0.2) is 9.97 Å². The topological polar surface area (TPSA) is 74.6 Å². The van der Waals surface area contributed by atoms with Crippen LogP contribution in [-0.4, -0.2) is 29.2 Å². The molecule has 0 N–H and O–H groups in total. The van der Waals surface area contributed by atoms with Crippen LogP contribution in [0.25, 0.3) is 28.7 Å². The minimum atomic E-state index is 0.442. The molecule has 8 heteroatoms. The van der Waals surface area contributed by atoms with Gasteiger partial charge in [-0.15, -0.1) is 0 Å². The maximum atomic E-state index is 6.23. The van der Waals surface area contributed by atoms with Crippen LogP contribution in [0.1, 0.15) is 30.3 Å². The van der Waals surface area contributed by atoms with Gasteiger partial charge in [-0.05, 0) is 31.0 Å². The summed E-state index contributed by atoms with van der Waals surface area (Å²) < 4.78 is 9.64. The second-order valence-electron chi connectivity index (χ2n) is 6.68. The Morgan fingerprint density at radius 3 is 3.00 bits per heavy atom. The number of aromatic nitrogens is 6. The Kier molecular flexibility index (Phi) is 2.77. The van der Waals surface area contributed by atoms with Crippen molar-refractivity contribution in [3.8, 4) is 28.7 Å². The van der Waals surface area contributed by atoms with E-state index in [9.17, 15) is 0 Å². The highest BCUT2D eigenvalue weighted by atomic mass is 35.5. The van der Waals surface area contributed by atoms with E-state index in [0.717, 1.165) is 41.4 Å². The lowest BCUT2D eigenvalue weighted by Gasteiger charge is -2.08. The molecule has 26 heavy (non-hydrogen) atoms. The quantitative estimate of drug-likeness (QED) is 0.477. The number of hydrogen-bond acceptors (Lipinski definition) is 5. The SMILES string of the molecule is Clc1ccc2c(c1)-c1nccn1Cc1c(-c3nc(C4CC4)no3)ncn1-2. The molecule has 0 radical (unpaired) electrons. The molecule has 3 aromatic heterocycles. The Bertz CT molecular complexity index is 1150. The first-order chi connectivity index (χ1) is 12.8. The molecule has 0 saturated heterocycles. The minimum absolute atomic E-state index is 0.442. The first kappa shape index (κ1) is 14.3. The molecular weight excluding hydrogens is 352 g/mol. The second kappa shape index (κ2) is 5.04. The van der Waals surface area contributed by atoms with E-state index in [-0.39, 0.29) is 0 Å². The normalized spacial score (nSPS) is 15.3. The van der Waals surface area contributed by atoms with E-state index in [1.165, 1.54) is 0 Å². The zero-order chi connectivity index (χ0) is 17.3. The van der Waals surface area contributed by atoms with Crippen LogP contribution >= 0.6 is 11.6 Å². The van der Waals surface area contributed by atoms with Crippen LogP contribution < -0.4 is 0 Å². The van der Waals surface area contributed by atoms with E-state index in [1.807, 2.05) is 24.4 Å². The van der Waals surface area contributed by atoms with Crippen molar-refractivity contribution in [3.63, 3.8) is 0 Å². The van der Waals surface area contributed by atoms with Crippen molar-refractivity contribution >= 4 is 11.6 Å². The lowest BCUT2D eigenvalue weighted by molar-refractivity contribution is 0.421. The van der Waals surface area contributed by atoms with Crippen LogP contribution in [0.3, 0.4) is 0 Å². The standard InChI is InChI=1S/C18H13ClN6O/c19-11-3-4-13-12(7-11)17-20-5-6-24(17)8-14-15(21-9-25(13)14)18-22-16(23-26-18)10-1-2-10/h3-7,9-10H,1-2,8H2. The smallest absolute Gasteiger partial charge is 0.278 e. The van der Waals surface area contributed by atoms with E-state index in [1.54, 1.807) is 12.5 Å². The van der Waals surface area contributed by atoms with Crippen molar-refractivity contribution in [1.29, 1.82) is 0 Å². The molecule has 0 atom stereocenters. The molecule has 1 saturated carbocycles. The van der Waals surface area contributed by atoms with Crippen molar-refractivity contribution in [2.24, 2.45) is 0 Å². The third-order valence-electron chi connectivity index (χ3n) is 4.95. The summed E-state index contributed by atoms with van der Waals surface area (Å²) in [6, 6.07) is 5.79. The van der Waals surface area contributed by atoms with Gasteiger partial charge in [0.05, 0.1) is 17.9 Å². The average Bonchev–Trinajstić information content (AvgIpc) is 3.06. The van der Waals surface area contributed by atoms with Crippen LogP contribution in [0.2, 0.25) is 5.02 Å². The van der Waals surface area contributed by atoms with Crippen molar-refractivity contribution < 1.29 is 4.52 Å². The van der Waals surface area contributed by atoms with Crippen LogP contribution in [-0.2, 0) is 6.54 Å². The van der Waals surface area contributed by atoms with Gasteiger partial charge in [0.25, 0.3) is 5.89 Å². The molecule has 4 heterocycles. The number of imidazole rings is 2. The molecule has 0 spiro atoms. The fraction of sp³-hybridized carbons (Fsp3) is 0.222. The summed E-state index contributed by atoms with van der Waals surface area (Å²) in [5, 5.41) is 4.80. The molecule has 1 aliphatic heterocycles. The van der Waals surface area contributed by atoms with Crippen LogP contribution in [0, 0.1) is 0 Å². The van der Waals surface area contributed by atoms with E-state index in [2.05, 4.69) is 29.2 Å². The average molecular weight is 365 g/mol. The van der Waals surface area contributed by atoms with Gasteiger partial charge in [0.15, 0.2) is 11.5 Å². The number of nitrogens with zero attached hydrogens (tertiary/aromatic N) is 6. The van der Waals surface area contributed by atoms with Gasteiger partial charge >= 0.3 is 0 Å². The minimum Gasteiger partial charge on any atom is -0.332 e. The van der Waals surface area contributed by atoms with E-state index in [0.29, 0.717) is 29.1 Å². The Hall–Kier alpha value is -2.93. The molecule has 1 aliphatic carbocycles. The number of hydrogen-bond donors (Lipinski definition) is 0. The second-order valence-corrected chi connectivity index (χ2v) is 7.12. The third kappa shape index (κ3) is 2.00. The predicted octanol–water partition coefficient (Wildman–Crippen LogP) is 3.68. The number of rotatable bonds is 2. The van der Waals surface area contributed by atoms with Crippen LogP contribution in [0.15, 0.2) is 41.4 Å². The predicted molar refractivity (Wildman–Crippen MR) is 94.2 cm³/mol. The number of benzene rings is 1. The Labute approximate surface area is 153 Å². The maximum absolute atomic E-state index is 6.23. The maximum Gasteiger partial charge on any atom is 0.278 e. The molecular formula is C18H13ClN6O. The highest BCUT2D eigenvalue weighted by molar-refractivity contribution is 6.31. The summed E-state index contributed by atoms with van der Waals surface area (Å²) in [4.78, 5) is 13.7. The monoisotopic (exact) mass is 364 g/mol. The van der Waals surface area contributed by atoms with Crippen molar-refractivity contribution in [3.05, 3.63) is 53.5 Å². The first-order valence-electron chi connectivity index (χ1n) is 8.49. The molecule has 1 aromatic carbocycles. The lowest BCUT2D eigenvalue weighted by atomic mass is 10.1. The molecule has 2 aliphatic rings. The lowest BCUT2D eigenvalue weighted by Crippen LogP contribution is -2.03. The van der Waals surface area contributed by atoms with Gasteiger partial charge in [-0.1, -0.05) is 16.8 Å². The van der Waals surface area contributed by atoms with Crippen molar-refractivity contribution in [1.82, 2.24) is 29.2 Å². The van der Waals surface area contributed by atoms with Crippen LogP contribution in [0.4, 0.5) is 0 Å². The molecule has 0 bridgehead atoms. The molecule has 6 rings (SSSR count). The van der Waals surface area contributed by atoms with Gasteiger partial charge in [-0.3, -0.25) is 4.57 Å². The molecule has 128 valence electrons. The van der Waals surface area contributed by atoms with E-state index in [4.69, 9.17) is 16.1 Å². The zero-order valence-electron chi connectivity index (χ0n) is 13.6. The number of halogens is 1. The summed E-state index contributed by atoms with van der Waals surface area (Å²) in [5.74, 6) is 2.57. The van der Waals surface area contributed by atoms with Gasteiger partial charge in [-0.2, -0.15) is 4.98 Å². The van der Waals surface area contributed by atoms with Gasteiger partial charge in [0.1, 0.15) is 12.2 Å². The van der Waals surface area contributed by atoms with Crippen molar-refractivity contribution in [2.75, 3.05) is 0 Å². The summed E-state index contributed by atoms with van der Waals surface area (Å²) in [5.41, 5.74) is 3.65. The van der Waals surface area contributed by atoms with Crippen molar-refractivity contribution in [2.45, 2.75) is 25.3 Å². The van der Waals surface area contributed by atoms with Crippen LogP contribution in [0.5, 0.6) is 0 Å². The third-order valence-corrected chi connectivity index (χ3v) is 5.18. The molecule has 7 nitrogen and oxygen atoms in total. The van der Waals surface area contributed by atoms with Gasteiger partial charge in [0.2, 0.25) is 0 Å². The number of fused-ring (bicyclic) bond motifs is 5. The Balaban J connectivity index is 1.57. The molecule has 0 unspecified atom stereocenters. The molecule has 0 amide bonds. The van der Waals surface area contributed by atoms with Gasteiger partial charge in [0, 0.05) is 28.9 Å². The summed E-state index contributed by atoms with van der Waals surface area (Å²) in [6.07, 6.45) is 7.81. The summed E-state index contributed by atoms with van der Waals surface area (Å²) in [7, 11) is 0. The highest BCUT2D eigenvalue weighted by Crippen LogP contribution is 2.40. The fourth-order valence-corrected chi connectivity index (χ4v) is 3.66.